The summed E-state index contributed by atoms with van der Waals surface area (Å²) in [6.45, 7) is 24.1. The van der Waals surface area contributed by atoms with Gasteiger partial charge in [-0.2, -0.15) is 0 Å². The molecule has 5 heterocycles. The topological polar surface area (TPSA) is 165 Å². The highest BCUT2D eigenvalue weighted by atomic mass is 32.1. The van der Waals surface area contributed by atoms with E-state index in [2.05, 4.69) is 44.9 Å². The number of ether oxygens (including phenoxy) is 5. The summed E-state index contributed by atoms with van der Waals surface area (Å²) in [4.78, 5) is 26.6. The summed E-state index contributed by atoms with van der Waals surface area (Å²) >= 11 is 5.70. The van der Waals surface area contributed by atoms with E-state index in [1.165, 1.54) is 0 Å². The first-order valence-corrected chi connectivity index (χ1v) is 23.1. The third kappa shape index (κ3) is 9.67. The van der Waals surface area contributed by atoms with Gasteiger partial charge in [0.25, 0.3) is 0 Å². The maximum atomic E-state index is 14.6. The molecule has 2 spiro atoms. The van der Waals surface area contributed by atoms with E-state index >= 15 is 0 Å². The number of carbonyl (C=O) groups is 2. The first kappa shape index (κ1) is 48.1. The van der Waals surface area contributed by atoms with Crippen molar-refractivity contribution in [1.29, 1.82) is 0 Å². The summed E-state index contributed by atoms with van der Waals surface area (Å²) in [6, 6.07) is -0.477. The summed E-state index contributed by atoms with van der Waals surface area (Å²) in [5.74, 6) is -5.58. The van der Waals surface area contributed by atoms with Crippen LogP contribution in [0.2, 0.25) is 0 Å². The third-order valence-corrected chi connectivity index (χ3v) is 15.4. The molecule has 12 nitrogen and oxygen atoms in total. The van der Waals surface area contributed by atoms with Gasteiger partial charge in [0, 0.05) is 36.6 Å². The lowest BCUT2D eigenvalue weighted by atomic mass is 9.72. The first-order valence-electron chi connectivity index (χ1n) is 22.6. The second-order valence-corrected chi connectivity index (χ2v) is 19.5. The Bertz CT molecular complexity index is 1530. The van der Waals surface area contributed by atoms with E-state index < -0.39 is 76.8 Å². The van der Waals surface area contributed by atoms with Gasteiger partial charge in [0.2, 0.25) is 0 Å². The summed E-state index contributed by atoms with van der Waals surface area (Å²) in [5, 5.41) is 39.9. The van der Waals surface area contributed by atoms with E-state index in [0.717, 1.165) is 12.8 Å². The predicted octanol–water partition coefficient (Wildman–Crippen LogP) is 6.85. The van der Waals surface area contributed by atoms with E-state index in [0.29, 0.717) is 63.0 Å². The number of carbonyl (C=O) groups excluding carboxylic acids is 1. The summed E-state index contributed by atoms with van der Waals surface area (Å²) in [5.41, 5.74) is -1.61. The van der Waals surface area contributed by atoms with Gasteiger partial charge in [-0.3, -0.25) is 9.59 Å². The van der Waals surface area contributed by atoms with Crippen LogP contribution in [0.15, 0.2) is 24.8 Å². The van der Waals surface area contributed by atoms with Crippen molar-refractivity contribution >= 4 is 29.1 Å². The molecule has 5 rings (SSSR count). The van der Waals surface area contributed by atoms with Crippen LogP contribution < -0.4 is 10.6 Å². The molecule has 0 aliphatic carbocycles. The normalized spacial score (nSPS) is 42.4. The highest BCUT2D eigenvalue weighted by Gasteiger charge is 2.63. The highest BCUT2D eigenvalue weighted by Crippen LogP contribution is 2.54. The fraction of sp³-hybridized carbons (Fsp3) is 0.848. The SMILES string of the molecule is C=CCNC(=S)N[C@H]1C=C[C@]2(O[C@H]([C@@H](CC)C(=O)[C@@H](C)[C@@H](O)[C@H](C)[C@@H]3O[C@@H]([C@@H](CC)C(=O)O)CC[C@@H]3C)[C@@H](C)C[C@H]2C)O[C@@]12CC[C@@](C)([C@H]1CC[C@](O)(CC)[C@H](C)O1)O2. The maximum absolute atomic E-state index is 14.6. The number of thiocarbonyl (C=S) groups is 1. The standard InChI is InChI=1S/C46H76N2O10S/c1-12-24-47-42(59)48-35-18-21-45(58-46(35)23-22-43(11,57-46)36-19-20-44(53,15-4)31(10)54-36)28(7)25-27(6)40(56-45)33(14-3)38(50)29(8)37(49)30(9)39-26(5)16-17-34(55-39)32(13-2)41(51)52/h12,18,21,26-37,39-40,49,53H,1,13-17,19-20,22-25H2,2-11H3,(H,51,52)(H2,47,48,59)/t26-,27-,28+,29-,30-,31-,32+,33-,34+,35-,36+,37+,39+,40-,43-,44+,45-,46-/m0/s1. The molecule has 0 bridgehead atoms. The number of ketones is 1. The number of rotatable bonds is 15. The second-order valence-electron chi connectivity index (χ2n) is 19.1. The minimum absolute atomic E-state index is 0.0134. The Labute approximate surface area is 358 Å². The van der Waals surface area contributed by atoms with Crippen LogP contribution in [0.4, 0.5) is 0 Å². The van der Waals surface area contributed by atoms with Crippen molar-refractivity contribution in [2.75, 3.05) is 6.54 Å². The van der Waals surface area contributed by atoms with Gasteiger partial charge in [0.1, 0.15) is 11.8 Å². The summed E-state index contributed by atoms with van der Waals surface area (Å²) in [7, 11) is 0. The van der Waals surface area contributed by atoms with E-state index in [1.54, 1.807) is 13.0 Å². The number of carboxylic acid groups (broad SMARTS) is 1. The van der Waals surface area contributed by atoms with Gasteiger partial charge in [-0.05, 0) is 102 Å². The predicted molar refractivity (Wildman–Crippen MR) is 230 cm³/mol. The number of aliphatic hydroxyl groups excluding tert-OH is 1. The smallest absolute Gasteiger partial charge is 0.309 e. The zero-order valence-electron chi connectivity index (χ0n) is 37.4. The molecule has 59 heavy (non-hydrogen) atoms. The van der Waals surface area contributed by atoms with Crippen LogP contribution in [0.1, 0.15) is 133 Å². The molecule has 5 aliphatic heterocycles. The molecule has 0 saturated carbocycles. The molecular formula is C46H76N2O10S. The van der Waals surface area contributed by atoms with Crippen molar-refractivity contribution < 1.29 is 48.6 Å². The van der Waals surface area contributed by atoms with Gasteiger partial charge in [-0.25, -0.2) is 0 Å². The van der Waals surface area contributed by atoms with Gasteiger partial charge in [-0.1, -0.05) is 67.5 Å². The number of aliphatic carboxylic acids is 1. The number of Topliss-reactive ketones (excluding diaryl/α,β-unsaturated/α-hetero) is 1. The molecule has 18 atom stereocenters. The Morgan fingerprint density at radius 1 is 0.966 bits per heavy atom. The van der Waals surface area contributed by atoms with Gasteiger partial charge in [0.05, 0.1) is 53.7 Å². The van der Waals surface area contributed by atoms with Gasteiger partial charge < -0.3 is 49.6 Å². The number of hydrogen-bond donors (Lipinski definition) is 5. The number of hydrogen-bond acceptors (Lipinski definition) is 10. The van der Waals surface area contributed by atoms with E-state index in [4.69, 9.17) is 35.9 Å². The quantitative estimate of drug-likeness (QED) is 0.0860. The molecular weight excluding hydrogens is 773 g/mol. The minimum Gasteiger partial charge on any atom is -0.481 e. The van der Waals surface area contributed by atoms with Crippen molar-refractivity contribution in [3.8, 4) is 0 Å². The fourth-order valence-electron chi connectivity index (χ4n) is 11.0. The Balaban J connectivity index is 1.38. The summed E-state index contributed by atoms with van der Waals surface area (Å²) in [6.07, 6.45) is 8.97. The van der Waals surface area contributed by atoms with Crippen LogP contribution in [0.25, 0.3) is 0 Å². The first-order chi connectivity index (χ1) is 27.7. The second kappa shape index (κ2) is 19.2. The lowest BCUT2D eigenvalue weighted by molar-refractivity contribution is -0.397. The van der Waals surface area contributed by atoms with Gasteiger partial charge in [-0.15, -0.1) is 6.58 Å². The molecule has 0 unspecified atom stereocenters. The van der Waals surface area contributed by atoms with Crippen LogP contribution in [-0.2, 0) is 33.3 Å². The Morgan fingerprint density at radius 2 is 1.66 bits per heavy atom. The van der Waals surface area contributed by atoms with E-state index in [-0.39, 0.29) is 41.8 Å². The number of nitrogens with one attached hydrogen (secondary N) is 2. The van der Waals surface area contributed by atoms with E-state index in [1.807, 2.05) is 46.8 Å². The highest BCUT2D eigenvalue weighted by molar-refractivity contribution is 7.80. The van der Waals surface area contributed by atoms with E-state index in [9.17, 15) is 24.9 Å². The molecule has 4 saturated heterocycles. The molecule has 5 aliphatic rings. The zero-order chi connectivity index (χ0) is 43.7. The number of carboxylic acids is 1. The van der Waals surface area contributed by atoms with Crippen LogP contribution in [0, 0.1) is 41.4 Å². The Hall–Kier alpha value is -1.97. The zero-order valence-corrected chi connectivity index (χ0v) is 38.2. The molecule has 13 heteroatoms. The molecule has 0 aromatic rings. The fourth-order valence-corrected chi connectivity index (χ4v) is 11.2. The molecule has 4 fully saturated rings. The van der Waals surface area contributed by atoms with Crippen molar-refractivity contribution in [2.45, 2.75) is 199 Å². The molecule has 0 aromatic carbocycles. The average molecular weight is 849 g/mol. The number of aliphatic hydroxyl groups is 2. The summed E-state index contributed by atoms with van der Waals surface area (Å²) < 4.78 is 34.6. The monoisotopic (exact) mass is 849 g/mol. The van der Waals surface area contributed by atoms with Crippen molar-refractivity contribution in [3.05, 3.63) is 24.8 Å². The lowest BCUT2D eigenvalue weighted by Gasteiger charge is -2.55. The van der Waals surface area contributed by atoms with Gasteiger partial charge >= 0.3 is 5.97 Å². The maximum Gasteiger partial charge on any atom is 0.309 e. The van der Waals surface area contributed by atoms with Crippen molar-refractivity contribution in [3.63, 3.8) is 0 Å². The molecule has 336 valence electrons. The van der Waals surface area contributed by atoms with Crippen molar-refractivity contribution in [1.82, 2.24) is 10.6 Å². The molecule has 0 amide bonds. The largest absolute Gasteiger partial charge is 0.481 e. The Morgan fingerprint density at radius 3 is 2.27 bits per heavy atom. The van der Waals surface area contributed by atoms with Crippen LogP contribution in [-0.4, -0.2) is 104 Å². The third-order valence-electron chi connectivity index (χ3n) is 15.2. The van der Waals surface area contributed by atoms with Crippen LogP contribution in [0.3, 0.4) is 0 Å². The lowest BCUT2D eigenvalue weighted by Crippen LogP contribution is -2.66. The van der Waals surface area contributed by atoms with Crippen LogP contribution in [0.5, 0.6) is 0 Å². The van der Waals surface area contributed by atoms with Crippen LogP contribution >= 0.6 is 12.2 Å². The van der Waals surface area contributed by atoms with Crippen molar-refractivity contribution in [2.24, 2.45) is 41.4 Å². The Kier molecular flexibility index (Phi) is 15.6. The minimum atomic E-state index is -1.22. The van der Waals surface area contributed by atoms with Gasteiger partial charge in [0.15, 0.2) is 16.7 Å². The average Bonchev–Trinajstić information content (AvgIpc) is 3.54. The molecule has 5 N–H and O–H groups in total. The molecule has 0 radical (unpaired) electrons. The molecule has 0 aromatic heterocycles.